The van der Waals surface area contributed by atoms with E-state index >= 15 is 0 Å². The van der Waals surface area contributed by atoms with Gasteiger partial charge in [-0.25, -0.2) is 13.2 Å². The van der Waals surface area contributed by atoms with Gasteiger partial charge in [-0.2, -0.15) is 0 Å². The van der Waals surface area contributed by atoms with E-state index in [2.05, 4.69) is 0 Å². The predicted molar refractivity (Wildman–Crippen MR) is 112 cm³/mol. The molecule has 1 atom stereocenters. The highest BCUT2D eigenvalue weighted by atomic mass is 32.2. The summed E-state index contributed by atoms with van der Waals surface area (Å²) in [7, 11) is -2.48. The second-order valence-electron chi connectivity index (χ2n) is 6.83. The smallest absolute Gasteiger partial charge is 0.340 e. The molecule has 2 aromatic carbocycles. The van der Waals surface area contributed by atoms with Crippen molar-refractivity contribution in [3.8, 4) is 0 Å². The fourth-order valence-electron chi connectivity index (χ4n) is 3.33. The second kappa shape index (κ2) is 7.71. The van der Waals surface area contributed by atoms with Crippen LogP contribution in [-0.2, 0) is 14.8 Å². The predicted octanol–water partition coefficient (Wildman–Crippen LogP) is 3.23. The van der Waals surface area contributed by atoms with Crippen LogP contribution in [0, 0.1) is 6.92 Å². The zero-order valence-corrected chi connectivity index (χ0v) is 17.4. The number of ether oxygens (including phenoxy) is 1. The summed E-state index contributed by atoms with van der Waals surface area (Å²) in [4.78, 5) is 25.4. The summed E-state index contributed by atoms with van der Waals surface area (Å²) in [6.45, 7) is 3.42. The molecule has 0 fully saturated rings. The van der Waals surface area contributed by atoms with Gasteiger partial charge >= 0.3 is 5.97 Å². The molecular formula is C21H22N2O5S. The molecule has 0 aliphatic carbocycles. The molecule has 0 saturated heterocycles. The van der Waals surface area contributed by atoms with Gasteiger partial charge in [0.05, 0.1) is 30.1 Å². The molecule has 0 saturated carbocycles. The van der Waals surface area contributed by atoms with E-state index in [9.17, 15) is 18.0 Å². The van der Waals surface area contributed by atoms with Gasteiger partial charge in [0.15, 0.2) is 0 Å². The second-order valence-corrected chi connectivity index (χ2v) is 8.69. The minimum atomic E-state index is -3.74. The molecule has 0 unspecified atom stereocenters. The number of nitrogens with zero attached hydrogens (tertiary/aromatic N) is 2. The van der Waals surface area contributed by atoms with Gasteiger partial charge in [0.25, 0.3) is 5.91 Å². The first kappa shape index (κ1) is 20.6. The monoisotopic (exact) mass is 414 g/mol. The van der Waals surface area contributed by atoms with Crippen molar-refractivity contribution in [2.24, 2.45) is 0 Å². The Hall–Kier alpha value is -3.13. The van der Waals surface area contributed by atoms with E-state index in [1.807, 2.05) is 6.92 Å². The van der Waals surface area contributed by atoms with Crippen LogP contribution in [0.15, 0.2) is 54.7 Å². The Balaban J connectivity index is 2.11. The molecule has 152 valence electrons. The Kier molecular flexibility index (Phi) is 5.48. The Morgan fingerprint density at radius 2 is 1.69 bits per heavy atom. The van der Waals surface area contributed by atoms with Crippen molar-refractivity contribution in [3.05, 3.63) is 65.9 Å². The maximum atomic E-state index is 13.3. The molecule has 7 nitrogen and oxygen atoms in total. The summed E-state index contributed by atoms with van der Waals surface area (Å²) in [6.07, 6.45) is 2.45. The molecule has 0 radical (unpaired) electrons. The number of aromatic nitrogens is 1. The number of hydrogen-bond acceptors (Lipinski definition) is 5. The quantitative estimate of drug-likeness (QED) is 0.599. The summed E-state index contributed by atoms with van der Waals surface area (Å²) in [6, 6.07) is 12.8. The van der Waals surface area contributed by atoms with E-state index in [1.165, 1.54) is 24.8 Å². The number of rotatable bonds is 5. The zero-order chi connectivity index (χ0) is 21.3. The Morgan fingerprint density at radius 3 is 2.28 bits per heavy atom. The van der Waals surface area contributed by atoms with E-state index < -0.39 is 27.9 Å². The molecule has 8 heteroatoms. The summed E-state index contributed by atoms with van der Waals surface area (Å²) in [5.74, 6) is -1.05. The molecule has 0 aliphatic rings. The highest BCUT2D eigenvalue weighted by Gasteiger charge is 2.31. The maximum absolute atomic E-state index is 13.3. The van der Waals surface area contributed by atoms with E-state index in [4.69, 9.17) is 4.74 Å². The van der Waals surface area contributed by atoms with Gasteiger partial charge in [0.1, 0.15) is 6.04 Å². The molecule has 29 heavy (non-hydrogen) atoms. The standard InChI is InChI=1S/C21H22N2O5S/c1-14-9-11-16(12-10-14)23(29(4,26)27)15(2)20(24)22-13-18(21(25)28-3)17-7-5-6-8-19(17)22/h5-13,15H,1-4H3/t15-/m0/s1. The number of esters is 1. The molecule has 0 amide bonds. The van der Waals surface area contributed by atoms with Gasteiger partial charge < -0.3 is 4.74 Å². The van der Waals surface area contributed by atoms with Crippen LogP contribution < -0.4 is 4.31 Å². The third kappa shape index (κ3) is 3.88. The lowest BCUT2D eigenvalue weighted by Crippen LogP contribution is -2.44. The fourth-order valence-corrected chi connectivity index (χ4v) is 4.50. The number of aryl methyl sites for hydroxylation is 1. The average molecular weight is 414 g/mol. The molecular weight excluding hydrogens is 392 g/mol. The summed E-state index contributed by atoms with van der Waals surface area (Å²) in [5.41, 5.74) is 2.11. The number of sulfonamides is 1. The number of para-hydroxylation sites is 1. The zero-order valence-electron chi connectivity index (χ0n) is 16.6. The molecule has 0 bridgehead atoms. The van der Waals surface area contributed by atoms with Gasteiger partial charge in [-0.1, -0.05) is 35.9 Å². The lowest BCUT2D eigenvalue weighted by molar-refractivity contribution is 0.0603. The van der Waals surface area contributed by atoms with E-state index in [-0.39, 0.29) is 5.56 Å². The van der Waals surface area contributed by atoms with Gasteiger partial charge in [0, 0.05) is 11.6 Å². The van der Waals surface area contributed by atoms with Crippen molar-refractivity contribution < 1.29 is 22.7 Å². The third-order valence-corrected chi connectivity index (χ3v) is 5.95. The van der Waals surface area contributed by atoms with Gasteiger partial charge in [-0.15, -0.1) is 0 Å². The lowest BCUT2D eigenvalue weighted by Gasteiger charge is -2.28. The molecule has 3 rings (SSSR count). The minimum Gasteiger partial charge on any atom is -0.465 e. The summed E-state index contributed by atoms with van der Waals surface area (Å²) >= 11 is 0. The maximum Gasteiger partial charge on any atom is 0.340 e. The van der Waals surface area contributed by atoms with Gasteiger partial charge in [0.2, 0.25) is 10.0 Å². The Morgan fingerprint density at radius 1 is 1.07 bits per heavy atom. The van der Waals surface area contributed by atoms with Crippen LogP contribution in [0.1, 0.15) is 27.6 Å². The van der Waals surface area contributed by atoms with Crippen LogP contribution in [0.2, 0.25) is 0 Å². The van der Waals surface area contributed by atoms with Gasteiger partial charge in [-0.05, 0) is 32.0 Å². The van der Waals surface area contributed by atoms with E-state index in [0.29, 0.717) is 16.6 Å². The van der Waals surface area contributed by atoms with Crippen molar-refractivity contribution in [2.75, 3.05) is 17.7 Å². The van der Waals surface area contributed by atoms with E-state index in [0.717, 1.165) is 16.1 Å². The molecule has 1 aromatic heterocycles. The lowest BCUT2D eigenvalue weighted by atomic mass is 10.2. The van der Waals surface area contributed by atoms with Crippen LogP contribution in [0.5, 0.6) is 0 Å². The Labute approximate surface area is 169 Å². The van der Waals surface area contributed by atoms with Crippen LogP contribution in [-0.4, -0.2) is 44.3 Å². The SMILES string of the molecule is COC(=O)c1cn(C(=O)[C@H](C)N(c2ccc(C)cc2)S(C)(=O)=O)c2ccccc12. The first-order chi connectivity index (χ1) is 13.6. The third-order valence-electron chi connectivity index (χ3n) is 4.71. The van der Waals surface area contributed by atoms with Crippen molar-refractivity contribution in [1.82, 2.24) is 4.57 Å². The van der Waals surface area contributed by atoms with Crippen LogP contribution in [0.4, 0.5) is 5.69 Å². The number of benzene rings is 2. The molecule has 0 spiro atoms. The summed E-state index contributed by atoms with van der Waals surface area (Å²) < 4.78 is 32.2. The van der Waals surface area contributed by atoms with Crippen LogP contribution in [0.25, 0.3) is 10.9 Å². The molecule has 0 aliphatic heterocycles. The van der Waals surface area contributed by atoms with Crippen LogP contribution >= 0.6 is 0 Å². The van der Waals surface area contributed by atoms with Crippen molar-refractivity contribution in [1.29, 1.82) is 0 Å². The number of fused-ring (bicyclic) bond motifs is 1. The Bertz CT molecular complexity index is 1180. The summed E-state index contributed by atoms with van der Waals surface area (Å²) in [5, 5.41) is 0.557. The van der Waals surface area contributed by atoms with E-state index in [1.54, 1.807) is 48.5 Å². The number of methoxy groups -OCH3 is 1. The largest absolute Gasteiger partial charge is 0.465 e. The van der Waals surface area contributed by atoms with Crippen molar-refractivity contribution in [3.63, 3.8) is 0 Å². The number of hydrogen-bond donors (Lipinski definition) is 0. The van der Waals surface area contributed by atoms with Crippen LogP contribution in [0.3, 0.4) is 0 Å². The molecule has 0 N–H and O–H groups in total. The number of carbonyl (C=O) groups excluding carboxylic acids is 2. The average Bonchev–Trinajstić information content (AvgIpc) is 3.07. The van der Waals surface area contributed by atoms with Crippen molar-refractivity contribution >= 4 is 38.5 Å². The number of anilines is 1. The van der Waals surface area contributed by atoms with Gasteiger partial charge in [-0.3, -0.25) is 13.7 Å². The normalized spacial score (nSPS) is 12.6. The highest BCUT2D eigenvalue weighted by Crippen LogP contribution is 2.26. The first-order valence-electron chi connectivity index (χ1n) is 8.94. The van der Waals surface area contributed by atoms with Crippen molar-refractivity contribution in [2.45, 2.75) is 19.9 Å². The number of carbonyl (C=O) groups is 2. The highest BCUT2D eigenvalue weighted by molar-refractivity contribution is 7.92. The first-order valence-corrected chi connectivity index (χ1v) is 10.8. The fraction of sp³-hybridized carbons (Fsp3) is 0.238. The molecule has 3 aromatic rings. The molecule has 1 heterocycles. The topological polar surface area (TPSA) is 85.7 Å². The minimum absolute atomic E-state index is 0.241.